The van der Waals surface area contributed by atoms with Gasteiger partial charge in [-0.2, -0.15) is 0 Å². The molecule has 32 heavy (non-hydrogen) atoms. The molecule has 1 aromatic heterocycles. The van der Waals surface area contributed by atoms with Crippen molar-refractivity contribution in [2.24, 2.45) is 0 Å². The van der Waals surface area contributed by atoms with Crippen LogP contribution in [-0.2, 0) is 9.47 Å². The van der Waals surface area contributed by atoms with Gasteiger partial charge in [0.25, 0.3) is 0 Å². The summed E-state index contributed by atoms with van der Waals surface area (Å²) < 4.78 is 10.5. The van der Waals surface area contributed by atoms with Crippen molar-refractivity contribution in [1.29, 1.82) is 5.41 Å². The Morgan fingerprint density at radius 1 is 0.969 bits per heavy atom. The summed E-state index contributed by atoms with van der Waals surface area (Å²) in [5.41, 5.74) is -1.74. The van der Waals surface area contributed by atoms with Crippen LogP contribution in [0.3, 0.4) is 0 Å². The average Bonchev–Trinajstić information content (AvgIpc) is 2.51. The van der Waals surface area contributed by atoms with Gasteiger partial charge in [-0.25, -0.2) is 14.6 Å². The van der Waals surface area contributed by atoms with Crippen molar-refractivity contribution >= 4 is 36.6 Å². The fraction of sp³-hybridized carbons (Fsp3) is 0.636. The summed E-state index contributed by atoms with van der Waals surface area (Å²) >= 11 is 0. The third kappa shape index (κ3) is 8.86. The number of pyridine rings is 1. The van der Waals surface area contributed by atoms with Gasteiger partial charge in [0.1, 0.15) is 22.9 Å². The molecule has 177 valence electrons. The number of rotatable bonds is 5. The maximum Gasteiger partial charge on any atom is 0.413 e. The lowest BCUT2D eigenvalue weighted by molar-refractivity contribution is 0.0410. The van der Waals surface area contributed by atoms with E-state index in [0.717, 1.165) is 0 Å². The SMILES string of the molecule is CC(C)(C)OC(=O)NC(=N)c1cc([B]C(C)(C)C(C)(C)O)cnc1NC(=O)OC(C)(C)C. The largest absolute Gasteiger partial charge is 0.444 e. The van der Waals surface area contributed by atoms with Crippen LogP contribution >= 0.6 is 0 Å². The minimum absolute atomic E-state index is 0.0403. The van der Waals surface area contributed by atoms with Gasteiger partial charge in [0.2, 0.25) is 0 Å². The van der Waals surface area contributed by atoms with E-state index >= 15 is 0 Å². The first-order valence-corrected chi connectivity index (χ1v) is 10.4. The molecule has 0 aromatic carbocycles. The molecule has 0 aliphatic rings. The molecule has 0 fully saturated rings. The van der Waals surface area contributed by atoms with Gasteiger partial charge in [-0.3, -0.25) is 16.0 Å². The summed E-state index contributed by atoms with van der Waals surface area (Å²) in [7, 11) is 1.81. The van der Waals surface area contributed by atoms with E-state index in [9.17, 15) is 14.7 Å². The molecule has 0 aliphatic heterocycles. The fourth-order valence-electron chi connectivity index (χ4n) is 2.32. The highest BCUT2D eigenvalue weighted by atomic mass is 16.6. The first-order valence-electron chi connectivity index (χ1n) is 10.4. The molecule has 1 heterocycles. The molecule has 10 heteroatoms. The highest BCUT2D eigenvalue weighted by molar-refractivity contribution is 6.57. The van der Waals surface area contributed by atoms with Crippen LogP contribution in [0.5, 0.6) is 0 Å². The van der Waals surface area contributed by atoms with Crippen molar-refractivity contribution in [3.8, 4) is 0 Å². The molecule has 0 saturated heterocycles. The smallest absolute Gasteiger partial charge is 0.413 e. The molecule has 2 amide bonds. The Bertz CT molecular complexity index is 865. The van der Waals surface area contributed by atoms with Crippen LogP contribution in [0.1, 0.15) is 74.8 Å². The van der Waals surface area contributed by atoms with Gasteiger partial charge in [-0.1, -0.05) is 25.4 Å². The van der Waals surface area contributed by atoms with Crippen LogP contribution in [-0.4, -0.2) is 52.2 Å². The molecular formula is C22H36BN4O5. The Balaban J connectivity index is 3.28. The lowest BCUT2D eigenvalue weighted by atomic mass is 9.45. The number of aromatic nitrogens is 1. The number of nitrogens with one attached hydrogen (secondary N) is 3. The molecule has 0 atom stereocenters. The Labute approximate surface area is 191 Å². The van der Waals surface area contributed by atoms with E-state index in [1.165, 1.54) is 6.20 Å². The van der Waals surface area contributed by atoms with E-state index in [1.807, 2.05) is 21.1 Å². The van der Waals surface area contributed by atoms with Gasteiger partial charge in [0.15, 0.2) is 7.28 Å². The zero-order chi connectivity index (χ0) is 25.1. The van der Waals surface area contributed by atoms with Crippen molar-refractivity contribution in [3.63, 3.8) is 0 Å². The highest BCUT2D eigenvalue weighted by Gasteiger charge is 2.36. The number of ether oxygens (including phenoxy) is 2. The van der Waals surface area contributed by atoms with Crippen LogP contribution < -0.4 is 16.1 Å². The summed E-state index contributed by atoms with van der Waals surface area (Å²) in [4.78, 5) is 28.7. The summed E-state index contributed by atoms with van der Waals surface area (Å²) in [6.45, 7) is 17.4. The van der Waals surface area contributed by atoms with E-state index in [2.05, 4.69) is 15.6 Å². The fourth-order valence-corrected chi connectivity index (χ4v) is 2.32. The van der Waals surface area contributed by atoms with Crippen LogP contribution in [0.2, 0.25) is 5.31 Å². The van der Waals surface area contributed by atoms with E-state index in [-0.39, 0.29) is 17.2 Å². The standard InChI is InChI=1S/C22H36BN4O5/c1-19(2,3)31-17(28)26-15(24)14-11-13(23-21(7,8)22(9,10)30)12-25-16(14)27-18(29)32-20(4,5)6/h11-12,30H,1-10H3,(H2,24,26,28)(H,25,27,29). The Morgan fingerprint density at radius 3 is 1.94 bits per heavy atom. The molecule has 0 saturated carbocycles. The number of alkyl carbamates (subject to hydrolysis) is 1. The lowest BCUT2D eigenvalue weighted by Gasteiger charge is -2.37. The topological polar surface area (TPSA) is 134 Å². The maximum absolute atomic E-state index is 12.3. The zero-order valence-corrected chi connectivity index (χ0v) is 20.8. The summed E-state index contributed by atoms with van der Waals surface area (Å²) in [5, 5.41) is 23.1. The van der Waals surface area contributed by atoms with Crippen molar-refractivity contribution in [2.45, 2.75) is 91.4 Å². The number of aliphatic hydroxyl groups is 1. The third-order valence-corrected chi connectivity index (χ3v) is 4.53. The number of carbonyl (C=O) groups excluding carboxylic acids is 2. The predicted molar refractivity (Wildman–Crippen MR) is 126 cm³/mol. The molecule has 1 rings (SSSR count). The summed E-state index contributed by atoms with van der Waals surface area (Å²) in [5.74, 6) is -0.271. The Morgan fingerprint density at radius 2 is 1.47 bits per heavy atom. The quantitative estimate of drug-likeness (QED) is 0.310. The minimum atomic E-state index is -1.02. The number of hydrogen-bond donors (Lipinski definition) is 4. The van der Waals surface area contributed by atoms with Gasteiger partial charge in [-0.15, -0.1) is 0 Å². The average molecular weight is 447 g/mol. The third-order valence-electron chi connectivity index (χ3n) is 4.53. The van der Waals surface area contributed by atoms with Crippen molar-refractivity contribution in [1.82, 2.24) is 10.3 Å². The number of amides is 2. The lowest BCUT2D eigenvalue weighted by Crippen LogP contribution is -2.42. The van der Waals surface area contributed by atoms with Crippen LogP contribution in [0.4, 0.5) is 15.4 Å². The van der Waals surface area contributed by atoms with Crippen molar-refractivity contribution in [3.05, 3.63) is 17.8 Å². The molecule has 1 aromatic rings. The number of carbonyl (C=O) groups is 2. The van der Waals surface area contributed by atoms with E-state index in [4.69, 9.17) is 14.9 Å². The molecule has 1 radical (unpaired) electrons. The number of nitrogens with zero attached hydrogens (tertiary/aromatic N) is 1. The first-order chi connectivity index (χ1) is 14.2. The van der Waals surface area contributed by atoms with Crippen molar-refractivity contribution < 1.29 is 24.2 Å². The number of hydrogen-bond acceptors (Lipinski definition) is 7. The molecule has 9 nitrogen and oxygen atoms in total. The summed E-state index contributed by atoms with van der Waals surface area (Å²) in [6.07, 6.45) is -0.0495. The molecule has 0 unspecified atom stereocenters. The second-order valence-electron chi connectivity index (χ2n) is 10.7. The zero-order valence-electron chi connectivity index (χ0n) is 20.8. The van der Waals surface area contributed by atoms with Gasteiger partial charge >= 0.3 is 12.2 Å². The van der Waals surface area contributed by atoms with Gasteiger partial charge in [-0.05, 0) is 60.7 Å². The number of amidine groups is 1. The molecule has 0 spiro atoms. The van der Waals surface area contributed by atoms with E-state index in [1.54, 1.807) is 61.5 Å². The molecular weight excluding hydrogens is 411 g/mol. The Kier molecular flexibility index (Phi) is 8.12. The van der Waals surface area contributed by atoms with Crippen LogP contribution in [0.25, 0.3) is 0 Å². The van der Waals surface area contributed by atoms with Gasteiger partial charge < -0.3 is 14.6 Å². The van der Waals surface area contributed by atoms with E-state index < -0.39 is 34.3 Å². The second-order valence-corrected chi connectivity index (χ2v) is 10.7. The normalized spacial score (nSPS) is 12.6. The Hall–Kier alpha value is -2.62. The first kappa shape index (κ1) is 27.4. The minimum Gasteiger partial charge on any atom is -0.444 e. The van der Waals surface area contributed by atoms with Crippen LogP contribution in [0.15, 0.2) is 12.3 Å². The predicted octanol–water partition coefficient (Wildman–Crippen LogP) is 3.58. The number of anilines is 1. The molecule has 0 aliphatic carbocycles. The summed E-state index contributed by atoms with van der Waals surface area (Å²) in [6, 6.07) is 1.59. The molecule has 4 N–H and O–H groups in total. The van der Waals surface area contributed by atoms with Gasteiger partial charge in [0, 0.05) is 6.20 Å². The van der Waals surface area contributed by atoms with Crippen molar-refractivity contribution in [2.75, 3.05) is 5.32 Å². The maximum atomic E-state index is 12.3. The van der Waals surface area contributed by atoms with E-state index in [0.29, 0.717) is 5.46 Å². The van der Waals surface area contributed by atoms with Gasteiger partial charge in [0.05, 0.1) is 11.2 Å². The van der Waals surface area contributed by atoms with Crippen LogP contribution in [0, 0.1) is 5.41 Å². The monoisotopic (exact) mass is 447 g/mol. The highest BCUT2D eigenvalue weighted by Crippen LogP contribution is 2.36. The second kappa shape index (κ2) is 9.48. The molecule has 0 bridgehead atoms.